The highest BCUT2D eigenvalue weighted by Crippen LogP contribution is 2.29. The largest absolute Gasteiger partial charge is 0.455 e. The molecule has 92 valence electrons. The predicted octanol–water partition coefficient (Wildman–Crippen LogP) is 4.64. The van der Waals surface area contributed by atoms with Gasteiger partial charge in [0, 0.05) is 5.03 Å². The van der Waals surface area contributed by atoms with Crippen molar-refractivity contribution < 1.29 is 4.74 Å². The average Bonchev–Trinajstić information content (AvgIpc) is 2.39. The minimum Gasteiger partial charge on any atom is -0.455 e. The second kappa shape index (κ2) is 6.12. The van der Waals surface area contributed by atoms with Crippen LogP contribution in [0.5, 0.6) is 11.5 Å². The van der Waals surface area contributed by atoms with Gasteiger partial charge in [-0.15, -0.1) is 0 Å². The van der Waals surface area contributed by atoms with Gasteiger partial charge < -0.3 is 10.1 Å². The third-order valence-electron chi connectivity index (χ3n) is 2.33. The second-order valence-electron chi connectivity index (χ2n) is 3.78. The van der Waals surface area contributed by atoms with Crippen LogP contribution in [0.3, 0.4) is 0 Å². The topological polar surface area (TPSA) is 21.3 Å². The molecule has 2 rings (SSSR count). The zero-order valence-electron chi connectivity index (χ0n) is 9.90. The Morgan fingerprint density at radius 3 is 2.44 bits per heavy atom. The van der Waals surface area contributed by atoms with Crippen molar-refractivity contribution in [3.63, 3.8) is 0 Å². The molecule has 2 nitrogen and oxygen atoms in total. The van der Waals surface area contributed by atoms with E-state index in [1.54, 1.807) is 0 Å². The highest BCUT2D eigenvalue weighted by molar-refractivity contribution is 6.29. The fourth-order valence-electron chi connectivity index (χ4n) is 1.51. The lowest BCUT2D eigenvalue weighted by Crippen LogP contribution is -2.02. The minimum atomic E-state index is 0.511. The van der Waals surface area contributed by atoms with E-state index < -0.39 is 0 Å². The molecule has 0 atom stereocenters. The van der Waals surface area contributed by atoms with Gasteiger partial charge in [-0.05, 0) is 24.3 Å². The van der Waals surface area contributed by atoms with Crippen molar-refractivity contribution >= 4 is 17.3 Å². The number of benzene rings is 2. The smallest absolute Gasteiger partial charge is 0.150 e. The molecule has 1 N–H and O–H groups in total. The molecule has 0 bridgehead atoms. The van der Waals surface area contributed by atoms with Crippen molar-refractivity contribution in [1.82, 2.24) is 0 Å². The van der Waals surface area contributed by atoms with Gasteiger partial charge in [0.2, 0.25) is 0 Å². The summed E-state index contributed by atoms with van der Waals surface area (Å²) in [5.41, 5.74) is 0.892. The Bertz CT molecular complexity index is 525. The van der Waals surface area contributed by atoms with Crippen LogP contribution in [-0.2, 0) is 0 Å². The summed E-state index contributed by atoms with van der Waals surface area (Å²) in [4.78, 5) is 0. The van der Waals surface area contributed by atoms with E-state index in [2.05, 4.69) is 11.9 Å². The molecule has 0 saturated heterocycles. The van der Waals surface area contributed by atoms with Crippen LogP contribution in [0.2, 0.25) is 0 Å². The van der Waals surface area contributed by atoms with Gasteiger partial charge in [0.1, 0.15) is 5.75 Å². The van der Waals surface area contributed by atoms with Gasteiger partial charge in [0.05, 0.1) is 12.2 Å². The summed E-state index contributed by atoms with van der Waals surface area (Å²) in [5, 5.41) is 3.74. The number of para-hydroxylation sites is 3. The molecule has 0 unspecified atom stereocenters. The molecule has 0 saturated carbocycles. The Balaban J connectivity index is 2.14. The van der Waals surface area contributed by atoms with Gasteiger partial charge in [-0.3, -0.25) is 0 Å². The molecule has 2 aromatic carbocycles. The lowest BCUT2D eigenvalue weighted by Gasteiger charge is -2.12. The standard InChI is InChI=1S/C15H14ClNO/c1-12(16)11-17-14-9-5-6-10-15(14)18-13-7-3-2-4-8-13/h2-10,17H,1,11H2. The maximum atomic E-state index is 5.81. The number of hydrogen-bond donors (Lipinski definition) is 1. The fraction of sp³-hybridized carbons (Fsp3) is 0.0667. The fourth-order valence-corrected chi connectivity index (χ4v) is 1.58. The first-order valence-electron chi connectivity index (χ1n) is 5.65. The van der Waals surface area contributed by atoms with Crippen molar-refractivity contribution in [3.8, 4) is 11.5 Å². The van der Waals surface area contributed by atoms with E-state index in [9.17, 15) is 0 Å². The number of nitrogens with one attached hydrogen (secondary N) is 1. The Morgan fingerprint density at radius 1 is 1.06 bits per heavy atom. The summed E-state index contributed by atoms with van der Waals surface area (Å²) in [6, 6.07) is 17.4. The Morgan fingerprint density at radius 2 is 1.72 bits per heavy atom. The molecular formula is C15H14ClNO. The van der Waals surface area contributed by atoms with E-state index in [0.29, 0.717) is 11.6 Å². The predicted molar refractivity (Wildman–Crippen MR) is 76.4 cm³/mol. The van der Waals surface area contributed by atoms with Crippen molar-refractivity contribution in [3.05, 3.63) is 66.2 Å². The zero-order valence-corrected chi connectivity index (χ0v) is 10.7. The number of rotatable bonds is 5. The van der Waals surface area contributed by atoms with E-state index in [1.165, 1.54) is 0 Å². The second-order valence-corrected chi connectivity index (χ2v) is 4.32. The van der Waals surface area contributed by atoms with E-state index in [4.69, 9.17) is 16.3 Å². The normalized spacial score (nSPS) is 9.83. The van der Waals surface area contributed by atoms with Crippen LogP contribution in [0.15, 0.2) is 66.2 Å². The Labute approximate surface area is 112 Å². The van der Waals surface area contributed by atoms with E-state index in [1.807, 2.05) is 54.6 Å². The molecular weight excluding hydrogens is 246 g/mol. The SMILES string of the molecule is C=C(Cl)CNc1ccccc1Oc1ccccc1. The van der Waals surface area contributed by atoms with Gasteiger partial charge in [-0.2, -0.15) is 0 Å². The first-order valence-corrected chi connectivity index (χ1v) is 6.02. The highest BCUT2D eigenvalue weighted by Gasteiger charge is 2.03. The molecule has 0 fully saturated rings. The van der Waals surface area contributed by atoms with Gasteiger partial charge >= 0.3 is 0 Å². The van der Waals surface area contributed by atoms with Crippen molar-refractivity contribution in [2.75, 3.05) is 11.9 Å². The first kappa shape index (κ1) is 12.5. The third-order valence-corrected chi connectivity index (χ3v) is 2.46. The monoisotopic (exact) mass is 259 g/mol. The van der Waals surface area contributed by atoms with Gasteiger partial charge in [-0.1, -0.05) is 48.5 Å². The zero-order chi connectivity index (χ0) is 12.8. The summed E-state index contributed by atoms with van der Waals surface area (Å²) in [6.45, 7) is 4.16. The van der Waals surface area contributed by atoms with Crippen LogP contribution in [0.1, 0.15) is 0 Å². The van der Waals surface area contributed by atoms with Crippen LogP contribution in [-0.4, -0.2) is 6.54 Å². The lowest BCUT2D eigenvalue weighted by molar-refractivity contribution is 0.484. The van der Waals surface area contributed by atoms with Crippen molar-refractivity contribution in [2.24, 2.45) is 0 Å². The minimum absolute atomic E-state index is 0.511. The van der Waals surface area contributed by atoms with E-state index in [-0.39, 0.29) is 0 Å². The molecule has 0 aliphatic carbocycles. The van der Waals surface area contributed by atoms with Crippen molar-refractivity contribution in [1.29, 1.82) is 0 Å². The Hall–Kier alpha value is -1.93. The number of ether oxygens (including phenoxy) is 1. The molecule has 0 aliphatic heterocycles. The van der Waals surface area contributed by atoms with Gasteiger partial charge in [0.25, 0.3) is 0 Å². The highest BCUT2D eigenvalue weighted by atomic mass is 35.5. The molecule has 0 radical (unpaired) electrons. The molecule has 3 heteroatoms. The quantitative estimate of drug-likeness (QED) is 0.844. The van der Waals surface area contributed by atoms with Gasteiger partial charge in [0.15, 0.2) is 5.75 Å². The van der Waals surface area contributed by atoms with Crippen LogP contribution in [0.4, 0.5) is 5.69 Å². The maximum Gasteiger partial charge on any atom is 0.150 e. The lowest BCUT2D eigenvalue weighted by atomic mass is 10.3. The maximum absolute atomic E-state index is 5.81. The van der Waals surface area contributed by atoms with Crippen molar-refractivity contribution in [2.45, 2.75) is 0 Å². The average molecular weight is 260 g/mol. The van der Waals surface area contributed by atoms with Crippen LogP contribution in [0.25, 0.3) is 0 Å². The number of halogens is 1. The van der Waals surface area contributed by atoms with E-state index >= 15 is 0 Å². The molecule has 0 amide bonds. The Kier molecular flexibility index (Phi) is 4.26. The molecule has 0 aromatic heterocycles. The molecule has 18 heavy (non-hydrogen) atoms. The van der Waals surface area contributed by atoms with Crippen LogP contribution in [0, 0.1) is 0 Å². The molecule has 2 aromatic rings. The summed E-state index contributed by atoms with van der Waals surface area (Å²) < 4.78 is 5.81. The third kappa shape index (κ3) is 3.54. The van der Waals surface area contributed by atoms with Crippen LogP contribution < -0.4 is 10.1 Å². The molecule has 0 spiro atoms. The summed E-state index contributed by atoms with van der Waals surface area (Å²) in [6.07, 6.45) is 0. The summed E-state index contributed by atoms with van der Waals surface area (Å²) in [5.74, 6) is 1.57. The first-order chi connectivity index (χ1) is 8.75. The molecule has 0 aliphatic rings. The van der Waals surface area contributed by atoms with Gasteiger partial charge in [-0.25, -0.2) is 0 Å². The van der Waals surface area contributed by atoms with Crippen LogP contribution >= 0.6 is 11.6 Å². The van der Waals surface area contributed by atoms with E-state index in [0.717, 1.165) is 17.2 Å². The number of anilines is 1. The number of hydrogen-bond acceptors (Lipinski definition) is 2. The summed E-state index contributed by atoms with van der Waals surface area (Å²) in [7, 11) is 0. The summed E-state index contributed by atoms with van der Waals surface area (Å²) >= 11 is 5.74. The molecule has 0 heterocycles.